The Kier molecular flexibility index (Phi) is 15.8. The third kappa shape index (κ3) is 20.7. The quantitative estimate of drug-likeness (QED) is 0.376. The van der Waals surface area contributed by atoms with Crippen LogP contribution in [0.15, 0.2) is 0 Å². The van der Waals surface area contributed by atoms with Crippen molar-refractivity contribution in [1.29, 1.82) is 0 Å². The first-order valence-electron chi connectivity index (χ1n) is 6.68. The van der Waals surface area contributed by atoms with Crippen LogP contribution in [-0.4, -0.2) is 38.8 Å². The number of rotatable bonds is 9. The van der Waals surface area contributed by atoms with E-state index in [9.17, 15) is 4.79 Å². The summed E-state index contributed by atoms with van der Waals surface area (Å²) in [6.45, 7) is 3.41. The van der Waals surface area contributed by atoms with Gasteiger partial charge in [0.2, 0.25) is 0 Å². The van der Waals surface area contributed by atoms with Gasteiger partial charge in [0.15, 0.2) is 6.29 Å². The monoisotopic (exact) mass is 264 g/mol. The molecule has 0 aliphatic carbocycles. The lowest BCUT2D eigenvalue weighted by Gasteiger charge is -2.02. The Balaban J connectivity index is 0. The molecule has 0 amide bonds. The van der Waals surface area contributed by atoms with E-state index >= 15 is 0 Å². The molecule has 5 heteroatoms. The van der Waals surface area contributed by atoms with Crippen LogP contribution in [0.2, 0.25) is 0 Å². The van der Waals surface area contributed by atoms with Crippen molar-refractivity contribution in [3.05, 3.63) is 0 Å². The molecule has 0 aromatic rings. The zero-order valence-electron chi connectivity index (χ0n) is 11.5. The summed E-state index contributed by atoms with van der Waals surface area (Å²) in [5.74, 6) is -1.19. The van der Waals surface area contributed by atoms with E-state index in [1.165, 1.54) is 39.0 Å². The first kappa shape index (κ1) is 19.7. The van der Waals surface area contributed by atoms with Crippen molar-refractivity contribution >= 4 is 5.97 Å². The summed E-state index contributed by atoms with van der Waals surface area (Å²) in [5, 5.41) is 32.9. The largest absolute Gasteiger partial charge is 0.479 e. The molecule has 1 atom stereocenters. The zero-order chi connectivity index (χ0) is 14.4. The maximum absolute atomic E-state index is 9.45. The van der Waals surface area contributed by atoms with E-state index in [1.807, 2.05) is 0 Å². The Morgan fingerprint density at radius 3 is 1.67 bits per heavy atom. The summed E-state index contributed by atoms with van der Waals surface area (Å²) in [6.07, 6.45) is 6.79. The van der Waals surface area contributed by atoms with Crippen molar-refractivity contribution in [2.45, 2.75) is 77.6 Å². The van der Waals surface area contributed by atoms with Crippen LogP contribution in [0.4, 0.5) is 0 Å². The molecule has 0 spiro atoms. The number of aliphatic carboxylic acids is 1. The van der Waals surface area contributed by atoms with E-state index in [1.54, 1.807) is 0 Å². The minimum atomic E-state index is -1.23. The average molecular weight is 264 g/mol. The maximum Gasteiger partial charge on any atom is 0.332 e. The fourth-order valence-corrected chi connectivity index (χ4v) is 1.28. The van der Waals surface area contributed by atoms with Gasteiger partial charge in [0.05, 0.1) is 0 Å². The van der Waals surface area contributed by atoms with Crippen molar-refractivity contribution < 1.29 is 25.2 Å². The molecule has 5 nitrogen and oxygen atoms in total. The van der Waals surface area contributed by atoms with Crippen molar-refractivity contribution in [3.8, 4) is 0 Å². The van der Waals surface area contributed by atoms with Crippen LogP contribution in [0.3, 0.4) is 0 Å². The number of carboxylic acids is 1. The zero-order valence-corrected chi connectivity index (χ0v) is 11.5. The van der Waals surface area contributed by atoms with Crippen LogP contribution in [0.1, 0.15) is 65.2 Å². The smallest absolute Gasteiger partial charge is 0.332 e. The number of aliphatic hydroxyl groups excluding tert-OH is 2. The van der Waals surface area contributed by atoms with Crippen LogP contribution in [0.5, 0.6) is 0 Å². The molecule has 0 aromatic heterocycles. The molecule has 0 saturated carbocycles. The normalized spacial score (nSPS) is 11.9. The van der Waals surface area contributed by atoms with Crippen LogP contribution in [-0.2, 0) is 4.79 Å². The number of hydrogen-bond acceptors (Lipinski definition) is 4. The SMILES string of the molecule is CC(O)C(=O)O.CCCCCCCCCC(O)O. The van der Waals surface area contributed by atoms with Crippen LogP contribution < -0.4 is 0 Å². The van der Waals surface area contributed by atoms with Gasteiger partial charge in [-0.25, -0.2) is 4.79 Å². The summed E-state index contributed by atoms with van der Waals surface area (Å²) in [6, 6.07) is 0. The Hall–Kier alpha value is -0.650. The number of aliphatic hydroxyl groups is 3. The molecule has 1 unspecified atom stereocenters. The molecule has 0 radical (unpaired) electrons. The topological polar surface area (TPSA) is 98.0 Å². The summed E-state index contributed by atoms with van der Waals surface area (Å²) >= 11 is 0. The molecule has 0 aliphatic rings. The molecule has 0 aliphatic heterocycles. The first-order valence-corrected chi connectivity index (χ1v) is 6.68. The summed E-state index contributed by atoms with van der Waals surface area (Å²) in [5.41, 5.74) is 0. The number of carboxylic acid groups (broad SMARTS) is 1. The lowest BCUT2D eigenvalue weighted by molar-refractivity contribution is -0.145. The van der Waals surface area contributed by atoms with Gasteiger partial charge in [0, 0.05) is 0 Å². The van der Waals surface area contributed by atoms with Crippen molar-refractivity contribution in [2.75, 3.05) is 0 Å². The van der Waals surface area contributed by atoms with E-state index in [0.717, 1.165) is 12.8 Å². The highest BCUT2D eigenvalue weighted by Gasteiger charge is 2.01. The van der Waals surface area contributed by atoms with E-state index in [4.69, 9.17) is 20.4 Å². The van der Waals surface area contributed by atoms with Gasteiger partial charge in [-0.3, -0.25) is 0 Å². The highest BCUT2D eigenvalue weighted by atomic mass is 16.5. The van der Waals surface area contributed by atoms with Gasteiger partial charge < -0.3 is 20.4 Å². The van der Waals surface area contributed by atoms with Crippen LogP contribution >= 0.6 is 0 Å². The van der Waals surface area contributed by atoms with Gasteiger partial charge >= 0.3 is 5.97 Å². The third-order valence-corrected chi connectivity index (χ3v) is 2.42. The second-order valence-electron chi connectivity index (χ2n) is 4.40. The standard InChI is InChI=1S/C10H22O2.C3H6O3/c1-2-3-4-5-6-7-8-9-10(11)12;1-2(4)3(5)6/h10-12H,2-9H2,1H3;2,4H,1H3,(H,5,6). The lowest BCUT2D eigenvalue weighted by atomic mass is 10.1. The molecule has 0 saturated heterocycles. The molecule has 0 bridgehead atoms. The third-order valence-electron chi connectivity index (χ3n) is 2.42. The Bertz CT molecular complexity index is 180. The fraction of sp³-hybridized carbons (Fsp3) is 0.923. The average Bonchev–Trinajstić information content (AvgIpc) is 2.28. The van der Waals surface area contributed by atoms with Gasteiger partial charge in [-0.1, -0.05) is 45.4 Å². The van der Waals surface area contributed by atoms with E-state index in [0.29, 0.717) is 6.42 Å². The number of carbonyl (C=O) groups is 1. The van der Waals surface area contributed by atoms with Gasteiger partial charge in [-0.15, -0.1) is 0 Å². The summed E-state index contributed by atoms with van der Waals surface area (Å²) in [7, 11) is 0. The first-order chi connectivity index (χ1) is 8.41. The van der Waals surface area contributed by atoms with Gasteiger partial charge in [0.25, 0.3) is 0 Å². The Labute approximate surface area is 109 Å². The second-order valence-corrected chi connectivity index (χ2v) is 4.40. The molecular weight excluding hydrogens is 236 g/mol. The van der Waals surface area contributed by atoms with Crippen molar-refractivity contribution in [2.24, 2.45) is 0 Å². The predicted molar refractivity (Wildman–Crippen MR) is 70.2 cm³/mol. The minimum absolute atomic E-state index is 0.535. The van der Waals surface area contributed by atoms with E-state index < -0.39 is 18.4 Å². The summed E-state index contributed by atoms with van der Waals surface area (Å²) < 4.78 is 0. The predicted octanol–water partition coefficient (Wildman–Crippen LogP) is 1.89. The number of hydrogen-bond donors (Lipinski definition) is 4. The van der Waals surface area contributed by atoms with Gasteiger partial charge in [0.1, 0.15) is 6.10 Å². The summed E-state index contributed by atoms with van der Waals surface area (Å²) in [4.78, 5) is 9.45. The maximum atomic E-state index is 9.45. The van der Waals surface area contributed by atoms with Crippen LogP contribution in [0, 0.1) is 0 Å². The molecule has 0 rings (SSSR count). The highest BCUT2D eigenvalue weighted by Crippen LogP contribution is 2.08. The highest BCUT2D eigenvalue weighted by molar-refractivity contribution is 5.71. The number of unbranched alkanes of at least 4 members (excludes halogenated alkanes) is 6. The van der Waals surface area contributed by atoms with E-state index in [-0.39, 0.29) is 0 Å². The Morgan fingerprint density at radius 1 is 0.944 bits per heavy atom. The molecule has 0 aromatic carbocycles. The van der Waals surface area contributed by atoms with Crippen molar-refractivity contribution in [1.82, 2.24) is 0 Å². The second kappa shape index (κ2) is 14.4. The van der Waals surface area contributed by atoms with Crippen LogP contribution in [0.25, 0.3) is 0 Å². The van der Waals surface area contributed by atoms with Gasteiger partial charge in [-0.2, -0.15) is 0 Å². The van der Waals surface area contributed by atoms with Crippen molar-refractivity contribution in [3.63, 3.8) is 0 Å². The minimum Gasteiger partial charge on any atom is -0.479 e. The molecule has 110 valence electrons. The molecule has 0 heterocycles. The van der Waals surface area contributed by atoms with Gasteiger partial charge in [-0.05, 0) is 19.8 Å². The van der Waals surface area contributed by atoms with E-state index in [2.05, 4.69) is 6.92 Å². The Morgan fingerprint density at radius 2 is 1.33 bits per heavy atom. The molecule has 18 heavy (non-hydrogen) atoms. The lowest BCUT2D eigenvalue weighted by Crippen LogP contribution is -2.13. The molecule has 4 N–H and O–H groups in total. The molecular formula is C13H28O5. The fourth-order valence-electron chi connectivity index (χ4n) is 1.28. The molecule has 0 fully saturated rings.